The van der Waals surface area contributed by atoms with Crippen LogP contribution in [0.4, 0.5) is 17.8 Å². The third kappa shape index (κ3) is 2.04. The van der Waals surface area contributed by atoms with Crippen LogP contribution in [0, 0.1) is 0 Å². The van der Waals surface area contributed by atoms with Crippen molar-refractivity contribution in [1.29, 1.82) is 0 Å². The van der Waals surface area contributed by atoms with Crippen LogP contribution in [0.15, 0.2) is 0 Å². The third-order valence-electron chi connectivity index (χ3n) is 0.687. The van der Waals surface area contributed by atoms with Crippen molar-refractivity contribution >= 4 is 17.8 Å². The average molecular weight is 190 g/mol. The maximum atomic E-state index is 5.14. The second kappa shape index (κ2) is 3.19. The summed E-state index contributed by atoms with van der Waals surface area (Å²) in [5, 5.41) is 0. The van der Waals surface area contributed by atoms with E-state index in [9.17, 15) is 0 Å². The number of nitrogen functional groups attached to an aromatic ring is 3. The Bertz CT molecular complexity index is 174. The number of rotatable bonds is 0. The van der Waals surface area contributed by atoms with Crippen LogP contribution in [0.2, 0.25) is 0 Å². The smallest absolute Gasteiger partial charge is 0.226 e. The molecule has 0 saturated heterocycles. The van der Waals surface area contributed by atoms with Gasteiger partial charge in [-0.25, -0.2) is 0 Å². The molecular formula is C3H6CuN6. The number of hydrogen-bond acceptors (Lipinski definition) is 6. The largest absolute Gasteiger partial charge is 0.368 e. The first-order valence-electron chi connectivity index (χ1n) is 2.21. The molecule has 0 atom stereocenters. The van der Waals surface area contributed by atoms with Crippen LogP contribution in [0.3, 0.4) is 0 Å². The van der Waals surface area contributed by atoms with Gasteiger partial charge in [0.25, 0.3) is 0 Å². The summed E-state index contributed by atoms with van der Waals surface area (Å²) < 4.78 is 0. The van der Waals surface area contributed by atoms with Crippen LogP contribution in [0.5, 0.6) is 0 Å². The predicted molar refractivity (Wildman–Crippen MR) is 33.1 cm³/mol. The average Bonchev–Trinajstić information content (AvgIpc) is 1.59. The normalized spacial score (nSPS) is 8.40. The Balaban J connectivity index is 0.000000810. The Morgan fingerprint density at radius 3 is 1.10 bits per heavy atom. The summed E-state index contributed by atoms with van der Waals surface area (Å²) in [6, 6.07) is 0. The van der Waals surface area contributed by atoms with Gasteiger partial charge < -0.3 is 17.2 Å². The zero-order valence-electron chi connectivity index (χ0n) is 4.88. The van der Waals surface area contributed by atoms with Crippen LogP contribution in [-0.4, -0.2) is 15.0 Å². The summed E-state index contributed by atoms with van der Waals surface area (Å²) in [4.78, 5) is 10.5. The molecule has 7 heteroatoms. The molecule has 1 rings (SSSR count). The van der Waals surface area contributed by atoms with Crippen molar-refractivity contribution in [2.24, 2.45) is 0 Å². The number of nitrogens with two attached hydrogens (primary N) is 3. The molecule has 59 valence electrons. The molecule has 6 nitrogen and oxygen atoms in total. The first-order valence-corrected chi connectivity index (χ1v) is 2.21. The second-order valence-electron chi connectivity index (χ2n) is 1.41. The van der Waals surface area contributed by atoms with Gasteiger partial charge in [0.2, 0.25) is 17.8 Å². The first kappa shape index (κ1) is 8.93. The fourth-order valence-corrected chi connectivity index (χ4v) is 0.427. The van der Waals surface area contributed by atoms with Crippen molar-refractivity contribution < 1.29 is 17.1 Å². The van der Waals surface area contributed by atoms with Gasteiger partial charge >= 0.3 is 0 Å². The first-order chi connectivity index (χ1) is 4.18. The zero-order valence-corrected chi connectivity index (χ0v) is 5.82. The molecule has 0 spiro atoms. The van der Waals surface area contributed by atoms with Crippen LogP contribution in [-0.2, 0) is 17.1 Å². The van der Waals surface area contributed by atoms with Crippen LogP contribution in [0.1, 0.15) is 0 Å². The molecular weight excluding hydrogens is 184 g/mol. The van der Waals surface area contributed by atoms with Gasteiger partial charge in [0, 0.05) is 17.1 Å². The topological polar surface area (TPSA) is 117 Å². The fraction of sp³-hybridized carbons (Fsp3) is 0. The summed E-state index contributed by atoms with van der Waals surface area (Å²) in [6.45, 7) is 0. The van der Waals surface area contributed by atoms with Gasteiger partial charge in [0.05, 0.1) is 0 Å². The minimum Gasteiger partial charge on any atom is -0.368 e. The third-order valence-corrected chi connectivity index (χ3v) is 0.687. The molecule has 0 unspecified atom stereocenters. The van der Waals surface area contributed by atoms with Crippen molar-refractivity contribution in [3.8, 4) is 0 Å². The van der Waals surface area contributed by atoms with E-state index in [1.54, 1.807) is 0 Å². The van der Waals surface area contributed by atoms with Crippen molar-refractivity contribution in [3.63, 3.8) is 0 Å². The van der Waals surface area contributed by atoms with E-state index < -0.39 is 0 Å². The van der Waals surface area contributed by atoms with Crippen LogP contribution in [0.25, 0.3) is 0 Å². The standard InChI is InChI=1S/C3H6N6.Cu/c4-1-7-2(5)9-3(6)8-1;/h(H6,4,5,6,7,8,9);. The van der Waals surface area contributed by atoms with Crippen molar-refractivity contribution in [1.82, 2.24) is 15.0 Å². The molecule has 0 amide bonds. The summed E-state index contributed by atoms with van der Waals surface area (Å²) in [5.74, 6) is 0.125. The molecule has 1 heterocycles. The second-order valence-corrected chi connectivity index (χ2v) is 1.41. The maximum absolute atomic E-state index is 5.14. The Morgan fingerprint density at radius 1 is 0.700 bits per heavy atom. The maximum Gasteiger partial charge on any atom is 0.226 e. The van der Waals surface area contributed by atoms with E-state index in [0.29, 0.717) is 0 Å². The minimum absolute atomic E-state index is 0. The SMILES string of the molecule is Nc1nc(N)nc(N)n1.[Cu]. The van der Waals surface area contributed by atoms with E-state index >= 15 is 0 Å². The monoisotopic (exact) mass is 189 g/mol. The summed E-state index contributed by atoms with van der Waals surface area (Å²) in [5.41, 5.74) is 15.4. The van der Waals surface area contributed by atoms with Crippen molar-refractivity contribution in [2.45, 2.75) is 0 Å². The molecule has 0 saturated carbocycles. The number of anilines is 3. The van der Waals surface area contributed by atoms with Crippen LogP contribution >= 0.6 is 0 Å². The molecule has 1 radical (unpaired) electrons. The summed E-state index contributed by atoms with van der Waals surface area (Å²) >= 11 is 0. The van der Waals surface area contributed by atoms with Gasteiger partial charge in [-0.15, -0.1) is 0 Å². The van der Waals surface area contributed by atoms with Crippen molar-refractivity contribution in [3.05, 3.63) is 0 Å². The number of aromatic nitrogens is 3. The van der Waals surface area contributed by atoms with Gasteiger partial charge in [-0.1, -0.05) is 0 Å². The van der Waals surface area contributed by atoms with E-state index in [4.69, 9.17) is 17.2 Å². The van der Waals surface area contributed by atoms with E-state index in [1.165, 1.54) is 0 Å². The number of nitrogens with zero attached hydrogens (tertiary/aromatic N) is 3. The van der Waals surface area contributed by atoms with Gasteiger partial charge in [-0.2, -0.15) is 15.0 Å². The molecule has 0 aromatic carbocycles. The minimum atomic E-state index is 0. The van der Waals surface area contributed by atoms with E-state index in [-0.39, 0.29) is 34.9 Å². The number of hydrogen-bond donors (Lipinski definition) is 3. The van der Waals surface area contributed by atoms with Gasteiger partial charge in [0.15, 0.2) is 0 Å². The molecule has 0 aliphatic rings. The fourth-order valence-electron chi connectivity index (χ4n) is 0.427. The Morgan fingerprint density at radius 2 is 0.900 bits per heavy atom. The molecule has 10 heavy (non-hydrogen) atoms. The molecule has 6 N–H and O–H groups in total. The quantitative estimate of drug-likeness (QED) is 0.433. The molecule has 0 bridgehead atoms. The summed E-state index contributed by atoms with van der Waals surface area (Å²) in [7, 11) is 0. The van der Waals surface area contributed by atoms with Gasteiger partial charge in [-0.3, -0.25) is 0 Å². The molecule has 1 aromatic rings. The Labute approximate surface area is 67.7 Å². The van der Waals surface area contributed by atoms with E-state index in [1.807, 2.05) is 0 Å². The molecule has 1 aromatic heterocycles. The predicted octanol–water partition coefficient (Wildman–Crippen LogP) is -1.38. The molecule has 0 aliphatic carbocycles. The Hall–Kier alpha value is -1.07. The van der Waals surface area contributed by atoms with Gasteiger partial charge in [-0.05, 0) is 0 Å². The van der Waals surface area contributed by atoms with Gasteiger partial charge in [0.1, 0.15) is 0 Å². The van der Waals surface area contributed by atoms with E-state index in [0.717, 1.165) is 0 Å². The molecule has 0 fully saturated rings. The summed E-state index contributed by atoms with van der Waals surface area (Å²) in [6.07, 6.45) is 0. The van der Waals surface area contributed by atoms with Crippen molar-refractivity contribution in [2.75, 3.05) is 17.2 Å². The molecule has 0 aliphatic heterocycles. The van der Waals surface area contributed by atoms with E-state index in [2.05, 4.69) is 15.0 Å². The zero-order chi connectivity index (χ0) is 6.85. The van der Waals surface area contributed by atoms with Crippen LogP contribution < -0.4 is 17.2 Å². The Kier molecular flexibility index (Phi) is 2.85.